The summed E-state index contributed by atoms with van der Waals surface area (Å²) in [5, 5.41) is 18.1. The number of anilines is 2. The molecule has 0 aliphatic carbocycles. The number of ether oxygens (including phenoxy) is 3. The van der Waals surface area contributed by atoms with Crippen molar-refractivity contribution in [3.05, 3.63) is 131 Å². The SMILES string of the molecule is CNC1CN(c2ccc(C)c(C(=O)N[C@H](C)c3cc(OC)cc(-c4cnn(C)c4)c3)c2)C1.COc1cc(-c2cnn(C)c2)cc([C@@H](C)NC(=O)c2cc(N3CC(N(C)C(=O)OC(C)(C)C)C3)ccc2C)c1. The molecule has 3 amide bonds. The van der Waals surface area contributed by atoms with Crippen LogP contribution in [-0.4, -0.2) is 115 Å². The molecule has 3 N–H and O–H groups in total. The van der Waals surface area contributed by atoms with Gasteiger partial charge in [-0.25, -0.2) is 4.79 Å². The van der Waals surface area contributed by atoms with Gasteiger partial charge >= 0.3 is 6.09 Å². The van der Waals surface area contributed by atoms with Crippen molar-refractivity contribution in [3.63, 3.8) is 0 Å². The first-order valence-electron chi connectivity index (χ1n) is 24.0. The van der Waals surface area contributed by atoms with Crippen LogP contribution in [0.1, 0.15) is 89.7 Å². The minimum atomic E-state index is -0.531. The Kier molecular flexibility index (Phi) is 15.8. The Balaban J connectivity index is 0.000000213. The lowest BCUT2D eigenvalue weighted by atomic mass is 10.00. The van der Waals surface area contributed by atoms with E-state index >= 15 is 0 Å². The Morgan fingerprint density at radius 2 is 1.10 bits per heavy atom. The zero-order chi connectivity index (χ0) is 51.3. The van der Waals surface area contributed by atoms with Gasteiger partial charge in [-0.05, 0) is 150 Å². The molecule has 2 aliphatic heterocycles. The third-order valence-electron chi connectivity index (χ3n) is 13.1. The van der Waals surface area contributed by atoms with Crippen LogP contribution in [0.3, 0.4) is 0 Å². The zero-order valence-corrected chi connectivity index (χ0v) is 43.5. The minimum Gasteiger partial charge on any atom is -0.497 e. The number of nitrogens with zero attached hydrogens (tertiary/aromatic N) is 7. The Labute approximate surface area is 418 Å². The molecule has 0 bridgehead atoms. The van der Waals surface area contributed by atoms with E-state index in [0.29, 0.717) is 36.0 Å². The number of amides is 3. The Bertz CT molecular complexity index is 2850. The maximum absolute atomic E-state index is 13.4. The first-order chi connectivity index (χ1) is 33.7. The van der Waals surface area contributed by atoms with Crippen LogP contribution < -0.4 is 35.2 Å². The summed E-state index contributed by atoms with van der Waals surface area (Å²) in [7, 11) is 10.8. The highest BCUT2D eigenvalue weighted by Gasteiger charge is 2.35. The second-order valence-corrected chi connectivity index (χ2v) is 19.7. The second-order valence-electron chi connectivity index (χ2n) is 19.7. The number of methoxy groups -OCH3 is 2. The number of hydrogen-bond donors (Lipinski definition) is 3. The van der Waals surface area contributed by atoms with Crippen LogP contribution in [0.15, 0.2) is 97.6 Å². The highest BCUT2D eigenvalue weighted by molar-refractivity contribution is 5.97. The summed E-state index contributed by atoms with van der Waals surface area (Å²) in [5.74, 6) is 1.25. The van der Waals surface area contributed by atoms with Crippen molar-refractivity contribution in [3.8, 4) is 33.8 Å². The van der Waals surface area contributed by atoms with Gasteiger partial charge in [-0.1, -0.05) is 12.1 Å². The van der Waals surface area contributed by atoms with Crippen LogP contribution in [0.4, 0.5) is 16.2 Å². The van der Waals surface area contributed by atoms with E-state index in [-0.39, 0.29) is 36.0 Å². The molecule has 2 fully saturated rings. The number of benzene rings is 4. The van der Waals surface area contributed by atoms with Crippen molar-refractivity contribution in [2.24, 2.45) is 14.1 Å². The van der Waals surface area contributed by atoms with E-state index < -0.39 is 5.60 Å². The summed E-state index contributed by atoms with van der Waals surface area (Å²) < 4.78 is 20.1. The molecule has 0 radical (unpaired) electrons. The van der Waals surface area contributed by atoms with Crippen LogP contribution in [-0.2, 0) is 18.8 Å². The zero-order valence-electron chi connectivity index (χ0n) is 43.5. The molecule has 2 saturated heterocycles. The normalized spacial score (nSPS) is 14.5. The topological polar surface area (TPSA) is 160 Å². The summed E-state index contributed by atoms with van der Waals surface area (Å²) in [6, 6.07) is 24.1. The van der Waals surface area contributed by atoms with Crippen LogP contribution >= 0.6 is 0 Å². The van der Waals surface area contributed by atoms with Crippen molar-refractivity contribution in [2.45, 2.75) is 78.2 Å². The minimum absolute atomic E-state index is 0.0560. The quantitative estimate of drug-likeness (QED) is 0.0965. The fourth-order valence-corrected chi connectivity index (χ4v) is 8.54. The Hall–Kier alpha value is -7.33. The predicted molar refractivity (Wildman–Crippen MR) is 280 cm³/mol. The third kappa shape index (κ3) is 12.5. The molecule has 2 aromatic heterocycles. The van der Waals surface area contributed by atoms with E-state index in [1.807, 2.05) is 149 Å². The molecule has 0 saturated carbocycles. The summed E-state index contributed by atoms with van der Waals surface area (Å²) in [6.45, 7) is 16.7. The number of aryl methyl sites for hydroxylation is 4. The molecule has 376 valence electrons. The molecule has 6 aromatic rings. The van der Waals surface area contributed by atoms with Gasteiger partial charge in [0, 0.05) is 99.4 Å². The van der Waals surface area contributed by atoms with Crippen molar-refractivity contribution in [1.29, 1.82) is 0 Å². The molecule has 4 aromatic carbocycles. The lowest BCUT2D eigenvalue weighted by Gasteiger charge is -2.45. The summed E-state index contributed by atoms with van der Waals surface area (Å²) in [4.78, 5) is 45.1. The molecule has 0 spiro atoms. The average molecular weight is 967 g/mol. The fraction of sp³-hybridized carbons (Fsp3) is 0.400. The number of carbonyl (C=O) groups is 3. The number of nitrogens with one attached hydrogen (secondary N) is 3. The first kappa shape index (κ1) is 51.5. The summed E-state index contributed by atoms with van der Waals surface area (Å²) in [6.07, 6.45) is 7.22. The van der Waals surface area contributed by atoms with E-state index in [2.05, 4.69) is 54.1 Å². The van der Waals surface area contributed by atoms with Gasteiger partial charge in [0.25, 0.3) is 11.8 Å². The van der Waals surface area contributed by atoms with Crippen molar-refractivity contribution >= 4 is 29.3 Å². The third-order valence-corrected chi connectivity index (χ3v) is 13.1. The van der Waals surface area contributed by atoms with Gasteiger partial charge in [0.2, 0.25) is 0 Å². The van der Waals surface area contributed by atoms with E-state index in [1.165, 1.54) is 0 Å². The van der Waals surface area contributed by atoms with Crippen LogP contribution in [0, 0.1) is 13.8 Å². The van der Waals surface area contributed by atoms with Crippen LogP contribution in [0.5, 0.6) is 11.5 Å². The van der Waals surface area contributed by atoms with Crippen molar-refractivity contribution in [2.75, 3.05) is 64.3 Å². The van der Waals surface area contributed by atoms with Gasteiger partial charge < -0.3 is 44.9 Å². The van der Waals surface area contributed by atoms with Gasteiger partial charge in [-0.2, -0.15) is 10.2 Å². The molecule has 8 rings (SSSR count). The molecular weight excluding hydrogens is 897 g/mol. The van der Waals surface area contributed by atoms with Gasteiger partial charge in [0.1, 0.15) is 17.1 Å². The van der Waals surface area contributed by atoms with Gasteiger partial charge in [0.15, 0.2) is 0 Å². The monoisotopic (exact) mass is 967 g/mol. The highest BCUT2D eigenvalue weighted by Crippen LogP contribution is 2.32. The Morgan fingerprint density at radius 3 is 1.48 bits per heavy atom. The number of likely N-dealkylation sites (N-methyl/N-ethyl adjacent to an activating group) is 2. The van der Waals surface area contributed by atoms with E-state index in [9.17, 15) is 14.4 Å². The van der Waals surface area contributed by atoms with Crippen LogP contribution in [0.25, 0.3) is 22.3 Å². The maximum atomic E-state index is 13.4. The largest absolute Gasteiger partial charge is 0.497 e. The van der Waals surface area contributed by atoms with E-state index in [0.717, 1.165) is 74.7 Å². The van der Waals surface area contributed by atoms with Crippen molar-refractivity contribution in [1.82, 2.24) is 40.4 Å². The molecule has 4 heterocycles. The lowest BCUT2D eigenvalue weighted by Crippen LogP contribution is -2.60. The smallest absolute Gasteiger partial charge is 0.410 e. The standard InChI is InChI=1S/C30H39N5O4.C25H31N5O2/c1-19-9-10-24(35-17-25(18-35)34(7)29(37)39-30(3,4)5)14-27(19)28(36)32-20(2)21-11-22(13-26(12-21)38-8)23-15-31-33(6)16-23;1-16-6-7-22(30-14-21(15-30)26-3)11-24(16)25(31)28-17(2)18-8-19(10-23(9-18)32-5)20-12-27-29(4)13-20/h9-16,20,25H,17-18H2,1-8H3,(H,32,36);6-13,17,21,26H,14-15H2,1-5H3,(H,28,31)/t20-;17-/m11/s1. The highest BCUT2D eigenvalue weighted by atomic mass is 16.6. The van der Waals surface area contributed by atoms with E-state index in [4.69, 9.17) is 14.2 Å². The van der Waals surface area contributed by atoms with Crippen molar-refractivity contribution < 1.29 is 28.6 Å². The van der Waals surface area contributed by atoms with Gasteiger partial charge in [-0.3, -0.25) is 19.0 Å². The molecule has 0 unspecified atom stereocenters. The molecule has 71 heavy (non-hydrogen) atoms. The second kappa shape index (κ2) is 21.8. The molecule has 16 nitrogen and oxygen atoms in total. The molecule has 2 atom stereocenters. The number of rotatable bonds is 14. The number of hydrogen-bond acceptors (Lipinski definition) is 11. The average Bonchev–Trinajstić information content (AvgIpc) is 3.96. The summed E-state index contributed by atoms with van der Waals surface area (Å²) in [5.41, 5.74) is 10.6. The van der Waals surface area contributed by atoms with E-state index in [1.54, 1.807) is 35.5 Å². The predicted octanol–water partition coefficient (Wildman–Crippen LogP) is 8.25. The summed E-state index contributed by atoms with van der Waals surface area (Å²) >= 11 is 0. The van der Waals surface area contributed by atoms with Gasteiger partial charge in [0.05, 0.1) is 44.7 Å². The molecule has 16 heteroatoms. The fourth-order valence-electron chi connectivity index (χ4n) is 8.54. The molecular formula is C55H70N10O6. The lowest BCUT2D eigenvalue weighted by molar-refractivity contribution is 0.0197. The Morgan fingerprint density at radius 1 is 0.662 bits per heavy atom. The molecule has 2 aliphatic rings. The number of aromatic nitrogens is 4. The number of carbonyl (C=O) groups excluding carboxylic acids is 3. The maximum Gasteiger partial charge on any atom is 0.410 e. The first-order valence-corrected chi connectivity index (χ1v) is 24.0. The van der Waals surface area contributed by atoms with Crippen LogP contribution in [0.2, 0.25) is 0 Å². The van der Waals surface area contributed by atoms with Gasteiger partial charge in [-0.15, -0.1) is 0 Å².